The van der Waals surface area contributed by atoms with Gasteiger partial charge in [0.25, 0.3) is 0 Å². The second kappa shape index (κ2) is 5.38. The lowest BCUT2D eigenvalue weighted by atomic mass is 10.3. The summed E-state index contributed by atoms with van der Waals surface area (Å²) in [5.41, 5.74) is 0.388. The minimum Gasteiger partial charge on any atom is -0.476 e. The molecule has 0 atom stereocenters. The van der Waals surface area contributed by atoms with E-state index < -0.39 is 5.97 Å². The van der Waals surface area contributed by atoms with Crippen molar-refractivity contribution < 1.29 is 19.1 Å². The summed E-state index contributed by atoms with van der Waals surface area (Å²) in [7, 11) is 1.67. The maximum Gasteiger partial charge on any atom is 0.356 e. The normalized spacial score (nSPS) is 10.3. The Balaban J connectivity index is 2.42. The molecule has 0 bridgehead atoms. The summed E-state index contributed by atoms with van der Waals surface area (Å²) in [6, 6.07) is 5.68. The first kappa shape index (κ1) is 14.1. The average Bonchev–Trinajstić information content (AvgIpc) is 2.84. The van der Waals surface area contributed by atoms with E-state index in [1.165, 1.54) is 19.1 Å². The highest BCUT2D eigenvalue weighted by Crippen LogP contribution is 2.31. The van der Waals surface area contributed by atoms with Gasteiger partial charge in [-0.25, -0.2) is 14.2 Å². The summed E-state index contributed by atoms with van der Waals surface area (Å²) < 4.78 is 12.9. The summed E-state index contributed by atoms with van der Waals surface area (Å²) in [6.45, 7) is 1.29. The Labute approximate surface area is 118 Å². The van der Waals surface area contributed by atoms with Crippen LogP contribution in [0.2, 0.25) is 0 Å². The molecule has 1 aromatic heterocycles. The maximum absolute atomic E-state index is 12.9. The van der Waals surface area contributed by atoms with Crippen LogP contribution in [0.1, 0.15) is 27.1 Å². The van der Waals surface area contributed by atoms with Crippen molar-refractivity contribution in [3.05, 3.63) is 40.7 Å². The van der Waals surface area contributed by atoms with Crippen LogP contribution in [0.25, 0.3) is 0 Å². The molecule has 0 radical (unpaired) electrons. The molecule has 0 spiro atoms. The summed E-state index contributed by atoms with van der Waals surface area (Å²) in [5.74, 6) is -1.96. The lowest BCUT2D eigenvalue weighted by Crippen LogP contribution is -2.09. The van der Waals surface area contributed by atoms with E-state index in [1.54, 1.807) is 24.1 Å². The van der Waals surface area contributed by atoms with Crippen LogP contribution in [-0.4, -0.2) is 28.9 Å². The molecule has 0 saturated heterocycles. The number of ketones is 1. The third kappa shape index (κ3) is 2.67. The van der Waals surface area contributed by atoms with Crippen molar-refractivity contribution in [3.8, 4) is 0 Å². The van der Waals surface area contributed by atoms with Crippen LogP contribution in [0.3, 0.4) is 0 Å². The van der Waals surface area contributed by atoms with E-state index in [4.69, 9.17) is 5.11 Å². The first-order chi connectivity index (χ1) is 9.40. The number of rotatable bonds is 4. The molecule has 0 unspecified atom stereocenters. The van der Waals surface area contributed by atoms with E-state index in [1.807, 2.05) is 0 Å². The molecule has 1 heterocycles. The first-order valence-corrected chi connectivity index (χ1v) is 6.46. The molecule has 2 rings (SSSR count). The Bertz CT molecular complexity index is 635. The van der Waals surface area contributed by atoms with Gasteiger partial charge in [-0.1, -0.05) is 11.3 Å². The van der Waals surface area contributed by atoms with Gasteiger partial charge in [0.05, 0.1) is 0 Å². The smallest absolute Gasteiger partial charge is 0.356 e. The molecule has 2 aromatic rings. The standard InChI is InChI=1S/C13H11FN2O3S/c1-7(17)11-10(12(18)19)15-13(20-11)16(2)9-5-3-8(14)4-6-9/h3-6H,1-2H3,(H,18,19). The molecule has 1 N–H and O–H groups in total. The second-order valence-corrected chi connectivity index (χ2v) is 5.05. The molecule has 0 aliphatic rings. The summed E-state index contributed by atoms with van der Waals surface area (Å²) in [6.07, 6.45) is 0. The number of aromatic carboxylic acids is 1. The summed E-state index contributed by atoms with van der Waals surface area (Å²) in [5, 5.41) is 9.40. The summed E-state index contributed by atoms with van der Waals surface area (Å²) in [4.78, 5) is 28.2. The van der Waals surface area contributed by atoms with Crippen LogP contribution >= 0.6 is 11.3 Å². The topological polar surface area (TPSA) is 70.5 Å². The predicted molar refractivity (Wildman–Crippen MR) is 73.5 cm³/mol. The number of Topliss-reactive ketones (excluding diaryl/α,β-unsaturated/α-hetero) is 1. The van der Waals surface area contributed by atoms with Gasteiger partial charge in [-0.05, 0) is 24.3 Å². The van der Waals surface area contributed by atoms with E-state index in [-0.39, 0.29) is 22.2 Å². The third-order valence-corrected chi connectivity index (χ3v) is 3.87. The van der Waals surface area contributed by atoms with E-state index in [0.29, 0.717) is 10.8 Å². The molecule has 0 fully saturated rings. The third-order valence-electron chi connectivity index (χ3n) is 2.64. The highest BCUT2D eigenvalue weighted by molar-refractivity contribution is 7.17. The van der Waals surface area contributed by atoms with Gasteiger partial charge in [-0.2, -0.15) is 0 Å². The van der Waals surface area contributed by atoms with Crippen LogP contribution in [0.5, 0.6) is 0 Å². The van der Waals surface area contributed by atoms with Crippen molar-refractivity contribution in [2.24, 2.45) is 0 Å². The number of nitrogens with zero attached hydrogens (tertiary/aromatic N) is 2. The minimum atomic E-state index is -1.25. The number of aromatic nitrogens is 1. The quantitative estimate of drug-likeness (QED) is 0.878. The SMILES string of the molecule is CC(=O)c1sc(N(C)c2ccc(F)cc2)nc1C(=O)O. The number of carboxylic acid groups (broad SMARTS) is 1. The molecule has 104 valence electrons. The van der Waals surface area contributed by atoms with E-state index in [0.717, 1.165) is 11.3 Å². The van der Waals surface area contributed by atoms with E-state index in [9.17, 15) is 14.0 Å². The Kier molecular flexibility index (Phi) is 3.80. The fourth-order valence-electron chi connectivity index (χ4n) is 1.61. The van der Waals surface area contributed by atoms with Crippen molar-refractivity contribution >= 4 is 33.9 Å². The monoisotopic (exact) mass is 294 g/mol. The number of halogens is 1. The van der Waals surface area contributed by atoms with Crippen LogP contribution in [0, 0.1) is 5.82 Å². The molecule has 7 heteroatoms. The van der Waals surface area contributed by atoms with Gasteiger partial charge in [-0.15, -0.1) is 0 Å². The number of hydrogen-bond donors (Lipinski definition) is 1. The summed E-state index contributed by atoms with van der Waals surface area (Å²) >= 11 is 0.994. The highest BCUT2D eigenvalue weighted by Gasteiger charge is 2.22. The molecular formula is C13H11FN2O3S. The van der Waals surface area contributed by atoms with Crippen LogP contribution < -0.4 is 4.90 Å². The first-order valence-electron chi connectivity index (χ1n) is 5.64. The fraction of sp³-hybridized carbons (Fsp3) is 0.154. The lowest BCUT2D eigenvalue weighted by Gasteiger charge is -2.15. The van der Waals surface area contributed by atoms with Gasteiger partial charge < -0.3 is 10.0 Å². The highest BCUT2D eigenvalue weighted by atomic mass is 32.1. The van der Waals surface area contributed by atoms with Gasteiger partial charge in [-0.3, -0.25) is 4.79 Å². The predicted octanol–water partition coefficient (Wildman–Crippen LogP) is 2.95. The van der Waals surface area contributed by atoms with Crippen molar-refractivity contribution in [2.45, 2.75) is 6.92 Å². The minimum absolute atomic E-state index is 0.0986. The van der Waals surface area contributed by atoms with Crippen molar-refractivity contribution in [1.29, 1.82) is 0 Å². The molecule has 1 aromatic carbocycles. The van der Waals surface area contributed by atoms with Crippen LogP contribution in [0.4, 0.5) is 15.2 Å². The van der Waals surface area contributed by atoms with Gasteiger partial charge in [0, 0.05) is 19.7 Å². The van der Waals surface area contributed by atoms with Crippen LogP contribution in [0.15, 0.2) is 24.3 Å². The number of thiazole rings is 1. The molecule has 0 aliphatic heterocycles. The fourth-order valence-corrected chi connectivity index (χ4v) is 2.55. The Morgan fingerprint density at radius 2 is 1.90 bits per heavy atom. The van der Waals surface area contributed by atoms with Crippen molar-refractivity contribution in [2.75, 3.05) is 11.9 Å². The van der Waals surface area contributed by atoms with Gasteiger partial charge in [0.1, 0.15) is 10.7 Å². The van der Waals surface area contributed by atoms with Gasteiger partial charge >= 0.3 is 5.97 Å². The zero-order chi connectivity index (χ0) is 14.9. The van der Waals surface area contributed by atoms with E-state index >= 15 is 0 Å². The maximum atomic E-state index is 12.9. The average molecular weight is 294 g/mol. The van der Waals surface area contributed by atoms with Crippen LogP contribution in [-0.2, 0) is 0 Å². The molecule has 0 saturated carbocycles. The number of hydrogen-bond acceptors (Lipinski definition) is 5. The number of benzene rings is 1. The number of anilines is 2. The van der Waals surface area contributed by atoms with Crippen molar-refractivity contribution in [3.63, 3.8) is 0 Å². The molecular weight excluding hydrogens is 283 g/mol. The Morgan fingerprint density at radius 3 is 2.35 bits per heavy atom. The van der Waals surface area contributed by atoms with Gasteiger partial charge in [0.2, 0.25) is 0 Å². The lowest BCUT2D eigenvalue weighted by molar-refractivity contribution is 0.0687. The van der Waals surface area contributed by atoms with Gasteiger partial charge in [0.15, 0.2) is 16.6 Å². The number of carboxylic acids is 1. The second-order valence-electron chi connectivity index (χ2n) is 4.07. The zero-order valence-corrected chi connectivity index (χ0v) is 11.6. The van der Waals surface area contributed by atoms with Crippen molar-refractivity contribution in [1.82, 2.24) is 4.98 Å². The number of carbonyl (C=O) groups excluding carboxylic acids is 1. The van der Waals surface area contributed by atoms with E-state index in [2.05, 4.69) is 4.98 Å². The Hall–Kier alpha value is -2.28. The zero-order valence-electron chi connectivity index (χ0n) is 10.8. The number of carbonyl (C=O) groups is 2. The largest absolute Gasteiger partial charge is 0.476 e. The Morgan fingerprint density at radius 1 is 1.30 bits per heavy atom. The molecule has 5 nitrogen and oxygen atoms in total. The molecule has 0 aliphatic carbocycles. The molecule has 20 heavy (non-hydrogen) atoms. The molecule has 0 amide bonds.